The zero-order valence-corrected chi connectivity index (χ0v) is 10.1. The smallest absolute Gasteiger partial charge is 0.123 e. The van der Waals surface area contributed by atoms with Crippen molar-refractivity contribution in [3.05, 3.63) is 52.5 Å². The van der Waals surface area contributed by atoms with Crippen molar-refractivity contribution in [2.45, 2.75) is 6.61 Å². The second-order valence-corrected chi connectivity index (χ2v) is 4.30. The van der Waals surface area contributed by atoms with Gasteiger partial charge in [-0.05, 0) is 17.7 Å². The van der Waals surface area contributed by atoms with E-state index in [1.807, 2.05) is 30.3 Å². The van der Waals surface area contributed by atoms with Crippen molar-refractivity contribution >= 4 is 15.9 Å². The number of phenolic OH excluding ortho intramolecular Hbond substituents is 1. The summed E-state index contributed by atoms with van der Waals surface area (Å²) in [6, 6.07) is 12.9. The number of rotatable bonds is 2. The van der Waals surface area contributed by atoms with Crippen molar-refractivity contribution in [1.29, 1.82) is 0 Å². The molecule has 0 fully saturated rings. The van der Waals surface area contributed by atoms with Crippen LogP contribution in [0.4, 0.5) is 0 Å². The Kier molecular flexibility index (Phi) is 3.27. The quantitative estimate of drug-likeness (QED) is 0.885. The van der Waals surface area contributed by atoms with E-state index in [2.05, 4.69) is 15.9 Å². The van der Waals surface area contributed by atoms with E-state index in [-0.39, 0.29) is 12.4 Å². The third-order valence-corrected chi connectivity index (χ3v) is 3.20. The molecule has 2 nitrogen and oxygen atoms in total. The van der Waals surface area contributed by atoms with E-state index in [9.17, 15) is 10.2 Å². The van der Waals surface area contributed by atoms with Crippen molar-refractivity contribution in [1.82, 2.24) is 0 Å². The van der Waals surface area contributed by atoms with Crippen LogP contribution in [0.2, 0.25) is 0 Å². The summed E-state index contributed by atoms with van der Waals surface area (Å²) in [4.78, 5) is 0. The molecule has 0 aliphatic rings. The van der Waals surface area contributed by atoms with Gasteiger partial charge in [0.25, 0.3) is 0 Å². The molecule has 0 saturated heterocycles. The molecule has 0 aliphatic carbocycles. The Morgan fingerprint density at radius 3 is 2.31 bits per heavy atom. The molecule has 16 heavy (non-hydrogen) atoms. The van der Waals surface area contributed by atoms with Gasteiger partial charge >= 0.3 is 0 Å². The number of benzene rings is 2. The molecular formula is C13H11BrO2. The summed E-state index contributed by atoms with van der Waals surface area (Å²) in [5, 5.41) is 19.2. The number of aliphatic hydroxyl groups excluding tert-OH is 1. The van der Waals surface area contributed by atoms with Crippen molar-refractivity contribution in [2.24, 2.45) is 0 Å². The molecule has 2 aromatic rings. The lowest BCUT2D eigenvalue weighted by molar-refractivity contribution is 0.281. The van der Waals surface area contributed by atoms with Gasteiger partial charge in [0, 0.05) is 15.6 Å². The SMILES string of the molecule is OCc1c(Br)ccc(O)c1-c1ccccc1. The molecule has 82 valence electrons. The van der Waals surface area contributed by atoms with Crippen molar-refractivity contribution in [3.63, 3.8) is 0 Å². The standard InChI is InChI=1S/C13H11BrO2/c14-11-6-7-12(16)13(10(11)8-15)9-4-2-1-3-5-9/h1-7,15-16H,8H2. The Balaban J connectivity index is 2.68. The van der Waals surface area contributed by atoms with E-state index >= 15 is 0 Å². The molecule has 0 radical (unpaired) electrons. The van der Waals surface area contributed by atoms with Gasteiger partial charge in [0.05, 0.1) is 6.61 Å². The van der Waals surface area contributed by atoms with E-state index in [4.69, 9.17) is 0 Å². The van der Waals surface area contributed by atoms with Crippen LogP contribution in [-0.2, 0) is 6.61 Å². The number of aliphatic hydroxyl groups is 1. The molecule has 2 N–H and O–H groups in total. The molecule has 2 aromatic carbocycles. The molecule has 2 rings (SSSR count). The summed E-state index contributed by atoms with van der Waals surface area (Å²) >= 11 is 3.37. The molecule has 0 heterocycles. The molecule has 0 bridgehead atoms. The van der Waals surface area contributed by atoms with Crippen LogP contribution in [0.25, 0.3) is 11.1 Å². The van der Waals surface area contributed by atoms with Gasteiger partial charge in [-0.15, -0.1) is 0 Å². The van der Waals surface area contributed by atoms with Gasteiger partial charge in [0.2, 0.25) is 0 Å². The molecule has 0 amide bonds. The Morgan fingerprint density at radius 2 is 1.69 bits per heavy atom. The number of hydrogen-bond donors (Lipinski definition) is 2. The van der Waals surface area contributed by atoms with E-state index in [0.717, 1.165) is 10.0 Å². The third kappa shape index (κ3) is 1.96. The van der Waals surface area contributed by atoms with Crippen molar-refractivity contribution in [3.8, 4) is 16.9 Å². The van der Waals surface area contributed by atoms with Gasteiger partial charge in [-0.2, -0.15) is 0 Å². The minimum atomic E-state index is -0.112. The van der Waals surface area contributed by atoms with Crippen LogP contribution < -0.4 is 0 Å². The van der Waals surface area contributed by atoms with E-state index in [1.165, 1.54) is 0 Å². The number of hydrogen-bond acceptors (Lipinski definition) is 2. The molecule has 0 aromatic heterocycles. The van der Waals surface area contributed by atoms with Crippen LogP contribution >= 0.6 is 15.9 Å². The normalized spacial score (nSPS) is 10.4. The average molecular weight is 279 g/mol. The van der Waals surface area contributed by atoms with E-state index in [1.54, 1.807) is 12.1 Å². The Labute approximate surface area is 102 Å². The fourth-order valence-electron chi connectivity index (χ4n) is 1.69. The fraction of sp³-hybridized carbons (Fsp3) is 0.0769. The highest BCUT2D eigenvalue weighted by Crippen LogP contribution is 2.36. The highest BCUT2D eigenvalue weighted by molar-refractivity contribution is 9.10. The summed E-state index contributed by atoms with van der Waals surface area (Å²) in [5.74, 6) is 0.179. The number of halogens is 1. The minimum Gasteiger partial charge on any atom is -0.507 e. The lowest BCUT2D eigenvalue weighted by atomic mass is 9.99. The molecule has 0 unspecified atom stereocenters. The van der Waals surface area contributed by atoms with Crippen LogP contribution in [0.15, 0.2) is 46.9 Å². The van der Waals surface area contributed by atoms with E-state index < -0.39 is 0 Å². The van der Waals surface area contributed by atoms with E-state index in [0.29, 0.717) is 11.1 Å². The lowest BCUT2D eigenvalue weighted by Gasteiger charge is -2.11. The van der Waals surface area contributed by atoms with Gasteiger partial charge in [-0.3, -0.25) is 0 Å². The second kappa shape index (κ2) is 4.68. The fourth-order valence-corrected chi connectivity index (χ4v) is 2.15. The zero-order valence-electron chi connectivity index (χ0n) is 8.52. The predicted molar refractivity (Wildman–Crippen MR) is 67.2 cm³/mol. The third-order valence-electron chi connectivity index (χ3n) is 2.45. The summed E-state index contributed by atoms with van der Waals surface area (Å²) in [7, 11) is 0. The molecule has 3 heteroatoms. The first-order valence-corrected chi connectivity index (χ1v) is 5.70. The van der Waals surface area contributed by atoms with Crippen LogP contribution in [-0.4, -0.2) is 10.2 Å². The minimum absolute atomic E-state index is 0.112. The van der Waals surface area contributed by atoms with Gasteiger partial charge in [0.1, 0.15) is 5.75 Å². The summed E-state index contributed by atoms with van der Waals surface area (Å²) in [5.41, 5.74) is 2.27. The topological polar surface area (TPSA) is 40.5 Å². The van der Waals surface area contributed by atoms with Gasteiger partial charge < -0.3 is 10.2 Å². The maximum Gasteiger partial charge on any atom is 0.123 e. The predicted octanol–water partition coefficient (Wildman–Crippen LogP) is 3.31. The van der Waals surface area contributed by atoms with Crippen LogP contribution in [0.5, 0.6) is 5.75 Å². The summed E-state index contributed by atoms with van der Waals surface area (Å²) < 4.78 is 0.798. The van der Waals surface area contributed by atoms with Gasteiger partial charge in [0.15, 0.2) is 0 Å². The Bertz CT molecular complexity index is 495. The van der Waals surface area contributed by atoms with Crippen LogP contribution in [0.1, 0.15) is 5.56 Å². The average Bonchev–Trinajstić information content (AvgIpc) is 2.33. The van der Waals surface area contributed by atoms with Gasteiger partial charge in [-0.25, -0.2) is 0 Å². The molecule has 0 aliphatic heterocycles. The molecule has 0 atom stereocenters. The van der Waals surface area contributed by atoms with Crippen LogP contribution in [0.3, 0.4) is 0 Å². The zero-order chi connectivity index (χ0) is 11.5. The van der Waals surface area contributed by atoms with Crippen molar-refractivity contribution in [2.75, 3.05) is 0 Å². The first kappa shape index (κ1) is 11.2. The maximum atomic E-state index is 9.87. The Morgan fingerprint density at radius 1 is 1.00 bits per heavy atom. The maximum absolute atomic E-state index is 9.87. The molecular weight excluding hydrogens is 268 g/mol. The summed E-state index contributed by atoms with van der Waals surface area (Å²) in [6.45, 7) is -0.112. The largest absolute Gasteiger partial charge is 0.507 e. The number of aromatic hydroxyl groups is 1. The monoisotopic (exact) mass is 278 g/mol. The highest BCUT2D eigenvalue weighted by atomic mass is 79.9. The molecule has 0 saturated carbocycles. The first-order valence-electron chi connectivity index (χ1n) is 4.90. The van der Waals surface area contributed by atoms with Crippen molar-refractivity contribution < 1.29 is 10.2 Å². The van der Waals surface area contributed by atoms with Gasteiger partial charge in [-0.1, -0.05) is 46.3 Å². The Hall–Kier alpha value is -1.32. The first-order chi connectivity index (χ1) is 7.74. The number of phenols is 1. The second-order valence-electron chi connectivity index (χ2n) is 3.44. The lowest BCUT2D eigenvalue weighted by Crippen LogP contribution is -1.91. The van der Waals surface area contributed by atoms with Crippen LogP contribution in [0, 0.1) is 0 Å². The highest BCUT2D eigenvalue weighted by Gasteiger charge is 2.12. The molecule has 0 spiro atoms. The summed E-state index contributed by atoms with van der Waals surface area (Å²) in [6.07, 6.45) is 0.